The lowest BCUT2D eigenvalue weighted by Crippen LogP contribution is -2.22. The number of hydrogen-bond donors (Lipinski definition) is 0. The molecule has 0 aliphatic rings. The minimum Gasteiger partial charge on any atom is -0.497 e. The maximum atomic E-state index is 12.5. The van der Waals surface area contributed by atoms with Gasteiger partial charge in [-0.1, -0.05) is 24.3 Å². The predicted molar refractivity (Wildman–Crippen MR) is 83.1 cm³/mol. The van der Waals surface area contributed by atoms with Crippen LogP contribution in [-0.2, 0) is 6.54 Å². The Balaban J connectivity index is 2.05. The lowest BCUT2D eigenvalue weighted by Gasteiger charge is -2.10. The van der Waals surface area contributed by atoms with E-state index in [-0.39, 0.29) is 10.8 Å². The number of aromatic nitrogens is 2. The Hall–Kier alpha value is -2.33. The quantitative estimate of drug-likeness (QED) is 0.698. The fourth-order valence-electron chi connectivity index (χ4n) is 2.19. The summed E-state index contributed by atoms with van der Waals surface area (Å²) in [5, 5.41) is 0.755. The first-order valence-corrected chi connectivity index (χ1v) is 6.85. The molecule has 5 heteroatoms. The van der Waals surface area contributed by atoms with Crippen molar-refractivity contribution in [1.29, 1.82) is 0 Å². The smallest absolute Gasteiger partial charge is 0.262 e. The van der Waals surface area contributed by atoms with Gasteiger partial charge in [-0.15, -0.1) is 0 Å². The number of methoxy groups -OCH3 is 1. The normalized spacial score (nSPS) is 10.8. The standard InChI is InChI=1S/C16H13ClN2O2/c1-21-12-8-6-11(7-9-12)10-19-15(20)13-4-2-3-5-14(13)18-16(19)17/h2-9H,10H2,1H3. The van der Waals surface area contributed by atoms with Gasteiger partial charge in [0.25, 0.3) is 5.56 Å². The summed E-state index contributed by atoms with van der Waals surface area (Å²) in [4.78, 5) is 16.8. The predicted octanol–water partition coefficient (Wildman–Crippen LogP) is 3.11. The second kappa shape index (κ2) is 5.58. The topological polar surface area (TPSA) is 44.1 Å². The van der Waals surface area contributed by atoms with Gasteiger partial charge in [-0.05, 0) is 41.4 Å². The summed E-state index contributed by atoms with van der Waals surface area (Å²) >= 11 is 6.14. The van der Waals surface area contributed by atoms with Crippen molar-refractivity contribution in [2.75, 3.05) is 7.11 Å². The SMILES string of the molecule is COc1ccc(Cn2c(Cl)nc3ccccc3c2=O)cc1. The molecule has 4 nitrogen and oxygen atoms in total. The highest BCUT2D eigenvalue weighted by Crippen LogP contribution is 2.15. The van der Waals surface area contributed by atoms with Crippen molar-refractivity contribution in [2.24, 2.45) is 0 Å². The molecule has 0 bridgehead atoms. The van der Waals surface area contributed by atoms with Gasteiger partial charge in [0, 0.05) is 0 Å². The Morgan fingerprint density at radius 1 is 1.14 bits per heavy atom. The van der Waals surface area contributed by atoms with Crippen molar-refractivity contribution in [1.82, 2.24) is 9.55 Å². The Labute approximate surface area is 126 Å². The van der Waals surface area contributed by atoms with Crippen LogP contribution in [0.2, 0.25) is 5.28 Å². The minimum absolute atomic E-state index is 0.138. The summed E-state index contributed by atoms with van der Waals surface area (Å²) in [6, 6.07) is 14.7. The molecule has 1 heterocycles. The van der Waals surface area contributed by atoms with Crippen LogP contribution in [0.5, 0.6) is 5.75 Å². The van der Waals surface area contributed by atoms with Gasteiger partial charge in [0.05, 0.1) is 24.6 Å². The van der Waals surface area contributed by atoms with Crippen LogP contribution in [0, 0.1) is 0 Å². The number of fused-ring (bicyclic) bond motifs is 1. The van der Waals surface area contributed by atoms with E-state index >= 15 is 0 Å². The van der Waals surface area contributed by atoms with Gasteiger partial charge in [0.15, 0.2) is 0 Å². The van der Waals surface area contributed by atoms with Gasteiger partial charge in [-0.3, -0.25) is 9.36 Å². The van der Waals surface area contributed by atoms with Crippen molar-refractivity contribution in [3.63, 3.8) is 0 Å². The van der Waals surface area contributed by atoms with Crippen molar-refractivity contribution in [3.8, 4) is 5.75 Å². The molecule has 0 unspecified atom stereocenters. The summed E-state index contributed by atoms with van der Waals surface area (Å²) in [6.07, 6.45) is 0. The Kier molecular flexibility index (Phi) is 3.62. The van der Waals surface area contributed by atoms with Crippen LogP contribution in [0.15, 0.2) is 53.3 Å². The third-order valence-corrected chi connectivity index (χ3v) is 3.60. The second-order valence-corrected chi connectivity index (χ2v) is 4.98. The first kappa shape index (κ1) is 13.6. The van der Waals surface area contributed by atoms with Crippen LogP contribution in [0.3, 0.4) is 0 Å². The zero-order valence-corrected chi connectivity index (χ0v) is 12.2. The van der Waals surface area contributed by atoms with Crippen molar-refractivity contribution in [2.45, 2.75) is 6.54 Å². The van der Waals surface area contributed by atoms with Crippen LogP contribution < -0.4 is 10.3 Å². The molecule has 0 fully saturated rings. The summed E-state index contributed by atoms with van der Waals surface area (Å²) in [7, 11) is 1.61. The number of benzene rings is 2. The van der Waals surface area contributed by atoms with E-state index in [2.05, 4.69) is 4.98 Å². The van der Waals surface area contributed by atoms with Crippen LogP contribution in [0.4, 0.5) is 0 Å². The minimum atomic E-state index is -0.138. The fourth-order valence-corrected chi connectivity index (χ4v) is 2.42. The number of para-hydroxylation sites is 1. The van der Waals surface area contributed by atoms with E-state index in [1.807, 2.05) is 36.4 Å². The molecule has 0 saturated carbocycles. The summed E-state index contributed by atoms with van der Waals surface area (Å²) in [5.41, 5.74) is 1.43. The first-order valence-electron chi connectivity index (χ1n) is 6.47. The van der Waals surface area contributed by atoms with E-state index in [0.29, 0.717) is 17.4 Å². The zero-order chi connectivity index (χ0) is 14.8. The van der Waals surface area contributed by atoms with E-state index in [1.54, 1.807) is 19.2 Å². The van der Waals surface area contributed by atoms with E-state index in [1.165, 1.54) is 4.57 Å². The third-order valence-electron chi connectivity index (χ3n) is 3.31. The average Bonchev–Trinajstić information content (AvgIpc) is 2.52. The number of halogens is 1. The highest BCUT2D eigenvalue weighted by atomic mass is 35.5. The van der Waals surface area contributed by atoms with Crippen molar-refractivity contribution >= 4 is 22.5 Å². The molecule has 2 aromatic carbocycles. The molecule has 21 heavy (non-hydrogen) atoms. The third kappa shape index (κ3) is 2.62. The highest BCUT2D eigenvalue weighted by molar-refractivity contribution is 6.28. The lowest BCUT2D eigenvalue weighted by molar-refractivity contribution is 0.414. The summed E-state index contributed by atoms with van der Waals surface area (Å²) in [6.45, 7) is 0.374. The van der Waals surface area contributed by atoms with Crippen LogP contribution in [-0.4, -0.2) is 16.7 Å². The summed E-state index contributed by atoms with van der Waals surface area (Å²) < 4.78 is 6.58. The van der Waals surface area contributed by atoms with E-state index < -0.39 is 0 Å². The summed E-state index contributed by atoms with van der Waals surface area (Å²) in [5.74, 6) is 0.772. The molecule has 0 amide bonds. The average molecular weight is 301 g/mol. The maximum Gasteiger partial charge on any atom is 0.262 e. The molecule has 3 rings (SSSR count). The highest BCUT2D eigenvalue weighted by Gasteiger charge is 2.09. The van der Waals surface area contributed by atoms with Crippen LogP contribution in [0.1, 0.15) is 5.56 Å². The van der Waals surface area contributed by atoms with E-state index in [0.717, 1.165) is 11.3 Å². The number of ether oxygens (including phenoxy) is 1. The molecule has 0 N–H and O–H groups in total. The van der Waals surface area contributed by atoms with Crippen LogP contribution >= 0.6 is 11.6 Å². The first-order chi connectivity index (χ1) is 10.2. The molecule has 0 radical (unpaired) electrons. The Morgan fingerprint density at radius 3 is 2.57 bits per heavy atom. The molecule has 0 aliphatic carbocycles. The van der Waals surface area contributed by atoms with Gasteiger partial charge in [-0.2, -0.15) is 0 Å². The van der Waals surface area contributed by atoms with Gasteiger partial charge in [-0.25, -0.2) is 4.98 Å². The van der Waals surface area contributed by atoms with Gasteiger partial charge < -0.3 is 4.74 Å². The molecule has 1 aromatic heterocycles. The van der Waals surface area contributed by atoms with Gasteiger partial charge >= 0.3 is 0 Å². The maximum absolute atomic E-state index is 12.5. The molecule has 0 saturated heterocycles. The van der Waals surface area contributed by atoms with Crippen molar-refractivity contribution in [3.05, 3.63) is 69.7 Å². The molecular weight excluding hydrogens is 288 g/mol. The van der Waals surface area contributed by atoms with Crippen LogP contribution in [0.25, 0.3) is 10.9 Å². The second-order valence-electron chi connectivity index (χ2n) is 4.64. The molecule has 106 valence electrons. The van der Waals surface area contributed by atoms with Gasteiger partial charge in [0.2, 0.25) is 5.28 Å². The Morgan fingerprint density at radius 2 is 1.86 bits per heavy atom. The number of hydrogen-bond acceptors (Lipinski definition) is 3. The molecular formula is C16H13ClN2O2. The lowest BCUT2D eigenvalue weighted by atomic mass is 10.2. The fraction of sp³-hybridized carbons (Fsp3) is 0.125. The zero-order valence-electron chi connectivity index (χ0n) is 11.4. The Bertz CT molecular complexity index is 841. The van der Waals surface area contributed by atoms with E-state index in [4.69, 9.17) is 16.3 Å². The number of nitrogens with zero attached hydrogens (tertiary/aromatic N) is 2. The van der Waals surface area contributed by atoms with Gasteiger partial charge in [0.1, 0.15) is 5.75 Å². The monoisotopic (exact) mass is 300 g/mol. The van der Waals surface area contributed by atoms with E-state index in [9.17, 15) is 4.79 Å². The number of rotatable bonds is 3. The molecule has 3 aromatic rings. The largest absolute Gasteiger partial charge is 0.497 e. The molecule has 0 aliphatic heterocycles. The molecule has 0 spiro atoms. The van der Waals surface area contributed by atoms with Crippen molar-refractivity contribution < 1.29 is 4.74 Å². The molecule has 0 atom stereocenters.